The summed E-state index contributed by atoms with van der Waals surface area (Å²) < 4.78 is 1.11. The van der Waals surface area contributed by atoms with Gasteiger partial charge in [-0.05, 0) is 45.0 Å². The van der Waals surface area contributed by atoms with Crippen LogP contribution in [0, 0.1) is 0 Å². The van der Waals surface area contributed by atoms with E-state index in [1.165, 1.54) is 30.1 Å². The molecule has 0 aliphatic rings. The van der Waals surface area contributed by atoms with Gasteiger partial charge in [-0.25, -0.2) is 4.98 Å². The Morgan fingerprint density at radius 3 is 2.33 bits per heavy atom. The lowest BCUT2D eigenvalue weighted by atomic mass is 10.2. The predicted molar refractivity (Wildman–Crippen MR) is 103 cm³/mol. The van der Waals surface area contributed by atoms with Gasteiger partial charge in [-0.3, -0.25) is 0 Å². The van der Waals surface area contributed by atoms with Gasteiger partial charge in [0.25, 0.3) is 0 Å². The average Bonchev–Trinajstić information content (AvgIpc) is 3.15. The molecule has 24 heavy (non-hydrogen) atoms. The number of hydrogen-bond acceptors (Lipinski definition) is 5. The lowest BCUT2D eigenvalue weighted by Crippen LogP contribution is -2.48. The number of aromatic nitrogens is 1. The molecule has 0 aliphatic carbocycles. The zero-order valence-corrected chi connectivity index (χ0v) is 16.0. The van der Waals surface area contributed by atoms with E-state index in [4.69, 9.17) is 0 Å². The Bertz CT molecular complexity index is 617. The number of likely N-dealkylation sites (N-methyl/N-ethyl adjacent to an activating group) is 2. The van der Waals surface area contributed by atoms with Crippen molar-refractivity contribution in [3.05, 3.63) is 35.8 Å². The van der Waals surface area contributed by atoms with E-state index in [2.05, 4.69) is 60.1 Å². The molecule has 1 heterocycles. The molecule has 0 N–H and O–H groups in total. The van der Waals surface area contributed by atoms with E-state index in [0.717, 1.165) is 29.8 Å². The number of azo groups is 1. The minimum Gasteiger partial charge on any atom is -0.366 e. The highest BCUT2D eigenvalue weighted by Crippen LogP contribution is 2.23. The Kier molecular flexibility index (Phi) is 6.87. The first-order valence-electron chi connectivity index (χ1n) is 8.60. The summed E-state index contributed by atoms with van der Waals surface area (Å²) >= 11 is 1.49. The number of benzene rings is 1. The Balaban J connectivity index is 1.99. The van der Waals surface area contributed by atoms with Gasteiger partial charge in [0.1, 0.15) is 0 Å². The number of nitrogens with zero attached hydrogens (tertiary/aromatic N) is 5. The smallest absolute Gasteiger partial charge is 0.229 e. The molecule has 6 heteroatoms. The summed E-state index contributed by atoms with van der Waals surface area (Å²) in [6, 6.07) is 8.29. The first kappa shape index (κ1) is 18.5. The normalized spacial score (nSPS) is 12.0. The van der Waals surface area contributed by atoms with Gasteiger partial charge in [-0.15, -0.1) is 21.6 Å². The third-order valence-corrected chi connectivity index (χ3v) is 5.36. The molecule has 0 radical (unpaired) electrons. The van der Waals surface area contributed by atoms with Crippen LogP contribution >= 0.6 is 11.3 Å². The lowest BCUT2D eigenvalue weighted by Gasteiger charge is -2.35. The predicted octanol–water partition coefficient (Wildman–Crippen LogP) is 4.87. The minimum atomic E-state index is 0.686. The fraction of sp³-hybridized carbons (Fsp3) is 0.500. The number of thiazole rings is 1. The van der Waals surface area contributed by atoms with E-state index in [9.17, 15) is 0 Å². The molecule has 2 aromatic rings. The summed E-state index contributed by atoms with van der Waals surface area (Å²) in [6.07, 6.45) is 1.74. The first-order valence-corrected chi connectivity index (χ1v) is 9.48. The molecule has 0 fully saturated rings. The summed E-state index contributed by atoms with van der Waals surface area (Å²) in [5.74, 6) is 0. The molecular weight excluding hydrogens is 318 g/mol. The van der Waals surface area contributed by atoms with Crippen LogP contribution < -0.4 is 4.90 Å². The second-order valence-corrected chi connectivity index (χ2v) is 6.96. The highest BCUT2D eigenvalue weighted by Gasteiger charge is 2.17. The Morgan fingerprint density at radius 2 is 1.79 bits per heavy atom. The maximum atomic E-state index is 4.24. The molecule has 0 aliphatic heterocycles. The summed E-state index contributed by atoms with van der Waals surface area (Å²) in [5.41, 5.74) is 2.09. The molecule has 0 spiro atoms. The van der Waals surface area contributed by atoms with Crippen LogP contribution in [0.4, 0.5) is 16.5 Å². The number of anilines is 1. The van der Waals surface area contributed by atoms with Gasteiger partial charge in [-0.1, -0.05) is 0 Å². The van der Waals surface area contributed by atoms with Crippen LogP contribution in [-0.4, -0.2) is 49.2 Å². The largest absolute Gasteiger partial charge is 0.366 e. The van der Waals surface area contributed by atoms with Crippen molar-refractivity contribution in [3.63, 3.8) is 0 Å². The molecule has 0 saturated heterocycles. The van der Waals surface area contributed by atoms with E-state index >= 15 is 0 Å². The third-order valence-electron chi connectivity index (χ3n) is 4.70. The molecule has 0 saturated carbocycles. The zero-order valence-electron chi connectivity index (χ0n) is 15.1. The summed E-state index contributed by atoms with van der Waals surface area (Å²) in [4.78, 5) is 6.52. The Labute approximate surface area is 149 Å². The molecule has 0 bridgehead atoms. The topological polar surface area (TPSA) is 40.9 Å². The summed E-state index contributed by atoms with van der Waals surface area (Å²) in [6.45, 7) is 12.3. The molecule has 0 atom stereocenters. The molecule has 0 amide bonds. The monoisotopic (exact) mass is 346 g/mol. The van der Waals surface area contributed by atoms with Crippen molar-refractivity contribution in [3.8, 4) is 0 Å². The highest BCUT2D eigenvalue weighted by molar-refractivity contribution is 7.13. The molecule has 2 rings (SSSR count). The van der Waals surface area contributed by atoms with E-state index in [-0.39, 0.29) is 0 Å². The molecule has 130 valence electrons. The van der Waals surface area contributed by atoms with Crippen LogP contribution in [0.1, 0.15) is 20.8 Å². The lowest BCUT2D eigenvalue weighted by molar-refractivity contribution is -0.904. The molecule has 1 aromatic heterocycles. The van der Waals surface area contributed by atoms with Gasteiger partial charge < -0.3 is 9.38 Å². The maximum absolute atomic E-state index is 4.24. The average molecular weight is 347 g/mol. The van der Waals surface area contributed by atoms with Crippen molar-refractivity contribution in [1.29, 1.82) is 0 Å². The van der Waals surface area contributed by atoms with Crippen molar-refractivity contribution < 1.29 is 4.48 Å². The van der Waals surface area contributed by atoms with Gasteiger partial charge in [0, 0.05) is 23.8 Å². The number of hydrogen-bond donors (Lipinski definition) is 0. The van der Waals surface area contributed by atoms with Crippen molar-refractivity contribution >= 4 is 27.8 Å². The van der Waals surface area contributed by atoms with Gasteiger partial charge in [0.15, 0.2) is 0 Å². The summed E-state index contributed by atoms with van der Waals surface area (Å²) in [7, 11) is 2.33. The summed E-state index contributed by atoms with van der Waals surface area (Å²) in [5, 5.41) is 11.0. The van der Waals surface area contributed by atoms with E-state index in [1.54, 1.807) is 6.20 Å². The quantitative estimate of drug-likeness (QED) is 0.480. The maximum Gasteiger partial charge on any atom is 0.229 e. The Morgan fingerprint density at radius 1 is 1.08 bits per heavy atom. The van der Waals surface area contributed by atoms with Crippen molar-refractivity contribution in [2.45, 2.75) is 20.8 Å². The molecular formula is C18H28N5S+. The van der Waals surface area contributed by atoms with Crippen molar-refractivity contribution in [1.82, 2.24) is 4.98 Å². The van der Waals surface area contributed by atoms with Crippen LogP contribution in [0.3, 0.4) is 0 Å². The Hall–Kier alpha value is -1.79. The second kappa shape index (κ2) is 8.89. The minimum absolute atomic E-state index is 0.686. The molecule has 5 nitrogen and oxygen atoms in total. The second-order valence-electron chi connectivity index (χ2n) is 6.09. The standard InChI is InChI=1S/C18H28N5S/c1-5-22(13-14-23(4,6-2)7-3)17-10-8-16(9-11-17)20-21-18-19-12-15-24-18/h8-12,15H,5-7,13-14H2,1-4H3/q+1. The zero-order chi connectivity index (χ0) is 17.4. The number of rotatable bonds is 9. The fourth-order valence-corrected chi connectivity index (χ4v) is 2.92. The van der Waals surface area contributed by atoms with Gasteiger partial charge in [-0.2, -0.15) is 0 Å². The van der Waals surface area contributed by atoms with Crippen molar-refractivity contribution in [2.24, 2.45) is 10.2 Å². The van der Waals surface area contributed by atoms with E-state index < -0.39 is 0 Å². The van der Waals surface area contributed by atoms with Crippen LogP contribution in [-0.2, 0) is 0 Å². The van der Waals surface area contributed by atoms with Crippen LogP contribution in [0.15, 0.2) is 46.1 Å². The van der Waals surface area contributed by atoms with Gasteiger partial charge >= 0.3 is 0 Å². The fourth-order valence-electron chi connectivity index (χ4n) is 2.47. The molecule has 1 aromatic carbocycles. The van der Waals surface area contributed by atoms with Crippen LogP contribution in [0.2, 0.25) is 0 Å². The van der Waals surface area contributed by atoms with Crippen molar-refractivity contribution in [2.75, 3.05) is 44.7 Å². The van der Waals surface area contributed by atoms with Gasteiger partial charge in [0.2, 0.25) is 5.13 Å². The SMILES string of the molecule is CCN(CC[N+](C)(CC)CC)c1ccc(N=Nc2nccs2)cc1. The van der Waals surface area contributed by atoms with Crippen LogP contribution in [0.25, 0.3) is 0 Å². The number of quaternary nitrogens is 1. The molecule has 0 unspecified atom stereocenters. The van der Waals surface area contributed by atoms with E-state index in [1.807, 2.05) is 17.5 Å². The van der Waals surface area contributed by atoms with Crippen LogP contribution in [0.5, 0.6) is 0 Å². The first-order chi connectivity index (χ1) is 11.6. The van der Waals surface area contributed by atoms with Gasteiger partial charge in [0.05, 0.1) is 38.9 Å². The van der Waals surface area contributed by atoms with E-state index in [0.29, 0.717) is 5.13 Å². The third kappa shape index (κ3) is 5.11. The highest BCUT2D eigenvalue weighted by atomic mass is 32.1.